The minimum atomic E-state index is -2.77. The summed E-state index contributed by atoms with van der Waals surface area (Å²) in [4.78, 5) is 33.0. The van der Waals surface area contributed by atoms with E-state index in [-0.39, 0.29) is 13.0 Å². The van der Waals surface area contributed by atoms with E-state index in [0.29, 0.717) is 0 Å². The highest BCUT2D eigenvalue weighted by Crippen LogP contribution is 2.29. The van der Waals surface area contributed by atoms with Crippen molar-refractivity contribution in [2.45, 2.75) is 24.9 Å². The molecule has 21 heavy (non-hydrogen) atoms. The van der Waals surface area contributed by atoms with Gasteiger partial charge in [-0.15, -0.1) is 9.42 Å². The van der Waals surface area contributed by atoms with Crippen molar-refractivity contribution in [2.24, 2.45) is 0 Å². The summed E-state index contributed by atoms with van der Waals surface area (Å²) in [6, 6.07) is 1.16. The number of hydrogen-bond donors (Lipinski definition) is 4. The standard InChI is InChI=1S/C9H11N2O7P.CH4O/c12-5-3-8(18-6(5)4-17-19(15)16)11-2-1-7(13)10-9(11)14;1-2/h1-2,5-6,8,12H,3-4H2,(H-,10,13,14,15,16);2H,1H3/p+1. The van der Waals surface area contributed by atoms with Gasteiger partial charge >= 0.3 is 13.9 Å². The van der Waals surface area contributed by atoms with Crippen LogP contribution < -0.4 is 11.2 Å². The van der Waals surface area contributed by atoms with Gasteiger partial charge in [-0.25, -0.2) is 4.79 Å². The van der Waals surface area contributed by atoms with Crippen LogP contribution in [0.25, 0.3) is 0 Å². The van der Waals surface area contributed by atoms with E-state index in [0.717, 1.165) is 17.7 Å². The first-order valence-corrected chi connectivity index (χ1v) is 6.99. The third-order valence-electron chi connectivity index (χ3n) is 2.71. The second-order valence-electron chi connectivity index (χ2n) is 3.98. The highest BCUT2D eigenvalue weighted by molar-refractivity contribution is 7.32. The summed E-state index contributed by atoms with van der Waals surface area (Å²) in [6.45, 7) is -0.262. The SMILES string of the molecule is CO.O=c1ccn(C2CC(O)C(CO[P+](=O)O)O2)c(=O)[nH]1. The summed E-state index contributed by atoms with van der Waals surface area (Å²) in [6.07, 6.45) is -1.13. The molecule has 2 rings (SSSR count). The van der Waals surface area contributed by atoms with E-state index >= 15 is 0 Å². The molecule has 0 bridgehead atoms. The van der Waals surface area contributed by atoms with Gasteiger partial charge in [-0.1, -0.05) is 0 Å². The van der Waals surface area contributed by atoms with Crippen molar-refractivity contribution >= 4 is 8.25 Å². The molecule has 0 amide bonds. The van der Waals surface area contributed by atoms with Crippen LogP contribution in [0, 0.1) is 0 Å². The van der Waals surface area contributed by atoms with E-state index in [1.807, 2.05) is 0 Å². The second-order valence-corrected chi connectivity index (χ2v) is 4.72. The number of aliphatic hydroxyl groups is 2. The highest BCUT2D eigenvalue weighted by atomic mass is 31.1. The van der Waals surface area contributed by atoms with E-state index in [1.54, 1.807) is 0 Å². The molecule has 2 heterocycles. The molecular weight excluding hydrogens is 307 g/mol. The van der Waals surface area contributed by atoms with Crippen molar-refractivity contribution < 1.29 is 28.9 Å². The van der Waals surface area contributed by atoms with Crippen LogP contribution in [0.5, 0.6) is 0 Å². The summed E-state index contributed by atoms with van der Waals surface area (Å²) >= 11 is 0. The maximum atomic E-state index is 11.5. The van der Waals surface area contributed by atoms with Crippen LogP contribution in [0.3, 0.4) is 0 Å². The summed E-state index contributed by atoms with van der Waals surface area (Å²) < 4.78 is 21.3. The van der Waals surface area contributed by atoms with Gasteiger partial charge in [0.15, 0.2) is 0 Å². The predicted molar refractivity (Wildman–Crippen MR) is 69.8 cm³/mol. The number of H-pyrrole nitrogens is 1. The van der Waals surface area contributed by atoms with E-state index in [2.05, 4.69) is 9.51 Å². The number of rotatable bonds is 4. The quantitative estimate of drug-likeness (QED) is 0.487. The maximum absolute atomic E-state index is 11.5. The molecule has 1 aromatic rings. The molecule has 10 nitrogen and oxygen atoms in total. The molecule has 1 saturated heterocycles. The Balaban J connectivity index is 0.00000106. The van der Waals surface area contributed by atoms with Gasteiger partial charge in [0.1, 0.15) is 18.9 Å². The molecule has 4 atom stereocenters. The zero-order valence-electron chi connectivity index (χ0n) is 11.1. The van der Waals surface area contributed by atoms with Gasteiger partial charge in [0.05, 0.1) is 6.10 Å². The number of aromatic nitrogens is 2. The number of aliphatic hydroxyl groups excluding tert-OH is 2. The van der Waals surface area contributed by atoms with Gasteiger partial charge in [-0.05, 0) is 0 Å². The summed E-state index contributed by atoms with van der Waals surface area (Å²) in [5, 5.41) is 16.7. The first-order valence-electron chi connectivity index (χ1n) is 5.86. The molecule has 0 saturated carbocycles. The van der Waals surface area contributed by atoms with Crippen LogP contribution in [0.4, 0.5) is 0 Å². The average molecular weight is 323 g/mol. The average Bonchev–Trinajstić information content (AvgIpc) is 2.79. The third kappa shape index (κ3) is 4.81. The Kier molecular flexibility index (Phi) is 6.82. The fourth-order valence-electron chi connectivity index (χ4n) is 1.83. The molecule has 1 aliphatic rings. The monoisotopic (exact) mass is 323 g/mol. The van der Waals surface area contributed by atoms with Gasteiger partial charge in [-0.3, -0.25) is 14.3 Å². The van der Waals surface area contributed by atoms with E-state index in [1.165, 1.54) is 6.20 Å². The van der Waals surface area contributed by atoms with Gasteiger partial charge in [0.2, 0.25) is 0 Å². The third-order valence-corrected chi connectivity index (χ3v) is 3.08. The second kappa shape index (κ2) is 8.13. The number of nitrogens with one attached hydrogen (secondary N) is 1. The molecule has 0 aliphatic carbocycles. The number of aromatic amines is 1. The molecule has 1 aliphatic heterocycles. The van der Waals surface area contributed by atoms with Crippen LogP contribution in [0.2, 0.25) is 0 Å². The van der Waals surface area contributed by atoms with Crippen molar-refractivity contribution in [3.05, 3.63) is 33.1 Å². The van der Waals surface area contributed by atoms with Crippen molar-refractivity contribution in [2.75, 3.05) is 13.7 Å². The molecule has 11 heteroatoms. The maximum Gasteiger partial charge on any atom is 0.694 e. The van der Waals surface area contributed by atoms with Crippen molar-refractivity contribution in [1.82, 2.24) is 9.55 Å². The highest BCUT2D eigenvalue weighted by Gasteiger charge is 2.37. The van der Waals surface area contributed by atoms with Gasteiger partial charge < -0.3 is 14.9 Å². The van der Waals surface area contributed by atoms with Crippen molar-refractivity contribution in [3.63, 3.8) is 0 Å². The minimum absolute atomic E-state index is 0.113. The first kappa shape index (κ1) is 17.6. The molecule has 4 unspecified atom stereocenters. The summed E-state index contributed by atoms with van der Waals surface area (Å²) in [7, 11) is -1.77. The lowest BCUT2D eigenvalue weighted by atomic mass is 10.2. The minimum Gasteiger partial charge on any atom is -0.400 e. The molecule has 0 spiro atoms. The van der Waals surface area contributed by atoms with Crippen LogP contribution in [0.1, 0.15) is 12.6 Å². The fraction of sp³-hybridized carbons (Fsp3) is 0.600. The summed E-state index contributed by atoms with van der Waals surface area (Å²) in [5.74, 6) is 0. The van der Waals surface area contributed by atoms with Crippen LogP contribution in [0.15, 0.2) is 21.9 Å². The Bertz CT molecular complexity index is 585. The largest absolute Gasteiger partial charge is 0.694 e. The smallest absolute Gasteiger partial charge is 0.400 e. The predicted octanol–water partition coefficient (Wildman–Crippen LogP) is -1.54. The Labute approximate surface area is 119 Å². The Hall–Kier alpha value is -1.42. The lowest BCUT2D eigenvalue weighted by Crippen LogP contribution is -2.31. The zero-order valence-corrected chi connectivity index (χ0v) is 12.0. The summed E-state index contributed by atoms with van der Waals surface area (Å²) in [5.41, 5.74) is -1.18. The number of hydrogen-bond acceptors (Lipinski definition) is 7. The number of nitrogens with zero attached hydrogens (tertiary/aromatic N) is 1. The molecule has 118 valence electrons. The van der Waals surface area contributed by atoms with Crippen LogP contribution >= 0.6 is 8.25 Å². The van der Waals surface area contributed by atoms with Crippen LogP contribution in [-0.4, -0.2) is 50.6 Å². The van der Waals surface area contributed by atoms with Gasteiger partial charge in [-0.2, -0.15) is 0 Å². The van der Waals surface area contributed by atoms with Crippen LogP contribution in [-0.2, 0) is 13.8 Å². The topological polar surface area (TPSA) is 151 Å². The lowest BCUT2D eigenvalue weighted by Gasteiger charge is -2.13. The Morgan fingerprint density at radius 1 is 1.52 bits per heavy atom. The fourth-order valence-corrected chi connectivity index (χ4v) is 2.10. The Morgan fingerprint density at radius 3 is 2.76 bits per heavy atom. The normalized spacial score (nSPS) is 25.1. The van der Waals surface area contributed by atoms with Crippen molar-refractivity contribution in [1.29, 1.82) is 0 Å². The molecule has 0 radical (unpaired) electrons. The van der Waals surface area contributed by atoms with E-state index in [9.17, 15) is 19.3 Å². The molecule has 4 N–H and O–H groups in total. The van der Waals surface area contributed by atoms with E-state index < -0.39 is 37.9 Å². The van der Waals surface area contributed by atoms with Gasteiger partial charge in [0.25, 0.3) is 5.56 Å². The molecule has 1 fully saturated rings. The lowest BCUT2D eigenvalue weighted by molar-refractivity contribution is -0.0412. The van der Waals surface area contributed by atoms with Crippen molar-refractivity contribution in [3.8, 4) is 0 Å². The van der Waals surface area contributed by atoms with E-state index in [4.69, 9.17) is 14.7 Å². The Morgan fingerprint density at radius 2 is 2.19 bits per heavy atom. The van der Waals surface area contributed by atoms with Gasteiger partial charge in [0, 0.05) is 30.4 Å². The molecule has 0 aromatic carbocycles. The number of ether oxygens (including phenoxy) is 1. The molecular formula is C10H16N2O8P+. The first-order chi connectivity index (χ1) is 9.97. The molecule has 1 aromatic heterocycles. The zero-order chi connectivity index (χ0) is 16.0.